The molecule has 21 heavy (non-hydrogen) atoms. The van der Waals surface area contributed by atoms with E-state index >= 15 is 0 Å². The minimum atomic E-state index is -3.21. The quantitative estimate of drug-likeness (QED) is 0.871. The van der Waals surface area contributed by atoms with E-state index < -0.39 is 9.84 Å². The van der Waals surface area contributed by atoms with Crippen molar-refractivity contribution in [1.29, 1.82) is 0 Å². The van der Waals surface area contributed by atoms with Crippen LogP contribution in [0, 0.1) is 5.92 Å². The molecular weight excluding hydrogens is 302 g/mol. The molecule has 0 spiro atoms. The molecule has 1 aliphatic rings. The smallest absolute Gasteiger partial charge is 0.180 e. The molecule has 1 aromatic carbocycles. The molecule has 1 heterocycles. The van der Waals surface area contributed by atoms with Gasteiger partial charge in [-0.15, -0.1) is 11.3 Å². The number of anilines is 1. The maximum Gasteiger partial charge on any atom is 0.180 e. The number of hydrogen-bond donors (Lipinski definition) is 1. The first-order valence-corrected chi connectivity index (χ1v) is 9.76. The van der Waals surface area contributed by atoms with Crippen LogP contribution in [0.5, 0.6) is 0 Å². The van der Waals surface area contributed by atoms with Gasteiger partial charge in [0.2, 0.25) is 0 Å². The van der Waals surface area contributed by atoms with E-state index in [0.717, 1.165) is 5.69 Å². The lowest BCUT2D eigenvalue weighted by atomic mass is 10.1. The van der Waals surface area contributed by atoms with E-state index in [2.05, 4.69) is 16.8 Å². The van der Waals surface area contributed by atoms with Crippen LogP contribution in [0.3, 0.4) is 0 Å². The van der Waals surface area contributed by atoms with Gasteiger partial charge in [0.15, 0.2) is 9.84 Å². The molecule has 1 saturated carbocycles. The Labute approximate surface area is 129 Å². The summed E-state index contributed by atoms with van der Waals surface area (Å²) in [4.78, 5) is 1.69. The van der Waals surface area contributed by atoms with Crippen molar-refractivity contribution in [2.75, 3.05) is 11.1 Å². The van der Waals surface area contributed by atoms with E-state index in [4.69, 9.17) is 0 Å². The van der Waals surface area contributed by atoms with E-state index in [1.807, 2.05) is 18.2 Å². The number of hydrogen-bond acceptors (Lipinski definition) is 4. The van der Waals surface area contributed by atoms with Crippen molar-refractivity contribution in [2.24, 2.45) is 5.92 Å². The first-order chi connectivity index (χ1) is 10.1. The molecule has 0 amide bonds. The van der Waals surface area contributed by atoms with E-state index in [1.165, 1.54) is 17.7 Å². The summed E-state index contributed by atoms with van der Waals surface area (Å²) in [6.45, 7) is 1.68. The second-order valence-electron chi connectivity index (χ2n) is 5.37. The topological polar surface area (TPSA) is 46.2 Å². The van der Waals surface area contributed by atoms with Crippen molar-refractivity contribution in [3.8, 4) is 0 Å². The SMILES string of the molecule is CCS(=O)(=O)c1ccccc1NC(c1cccs1)C1CC1. The average Bonchev–Trinajstić information content (AvgIpc) is 3.19. The molecule has 1 unspecified atom stereocenters. The Morgan fingerprint density at radius 3 is 2.62 bits per heavy atom. The van der Waals surface area contributed by atoms with Gasteiger partial charge in [-0.1, -0.05) is 25.1 Å². The molecule has 0 saturated heterocycles. The largest absolute Gasteiger partial charge is 0.376 e. The molecule has 1 atom stereocenters. The molecule has 5 heteroatoms. The van der Waals surface area contributed by atoms with Gasteiger partial charge in [-0.25, -0.2) is 8.42 Å². The first kappa shape index (κ1) is 14.6. The van der Waals surface area contributed by atoms with Crippen molar-refractivity contribution in [3.63, 3.8) is 0 Å². The highest BCUT2D eigenvalue weighted by Gasteiger charge is 2.33. The highest BCUT2D eigenvalue weighted by molar-refractivity contribution is 7.91. The summed E-state index contributed by atoms with van der Waals surface area (Å²) in [5.41, 5.74) is 0.727. The molecule has 2 aromatic rings. The molecule has 0 bridgehead atoms. The number of sulfone groups is 1. The first-order valence-electron chi connectivity index (χ1n) is 7.23. The van der Waals surface area contributed by atoms with Gasteiger partial charge in [-0.05, 0) is 42.3 Å². The predicted octanol–water partition coefficient (Wildman–Crippen LogP) is 4.10. The zero-order valence-corrected chi connectivity index (χ0v) is 13.6. The highest BCUT2D eigenvalue weighted by Crippen LogP contribution is 2.44. The minimum Gasteiger partial charge on any atom is -0.376 e. The van der Waals surface area contributed by atoms with E-state index in [0.29, 0.717) is 10.8 Å². The molecular formula is C16H19NO2S2. The summed E-state index contributed by atoms with van der Waals surface area (Å²) in [6, 6.07) is 11.6. The lowest BCUT2D eigenvalue weighted by Crippen LogP contribution is -2.15. The Morgan fingerprint density at radius 1 is 1.24 bits per heavy atom. The van der Waals surface area contributed by atoms with E-state index in [1.54, 1.807) is 30.4 Å². The minimum absolute atomic E-state index is 0.124. The number of para-hydroxylation sites is 1. The van der Waals surface area contributed by atoms with Crippen LogP contribution in [0.15, 0.2) is 46.7 Å². The molecule has 0 radical (unpaired) electrons. The van der Waals surface area contributed by atoms with Crippen molar-refractivity contribution in [2.45, 2.75) is 30.7 Å². The lowest BCUT2D eigenvalue weighted by molar-refractivity contribution is 0.597. The predicted molar refractivity (Wildman–Crippen MR) is 87.6 cm³/mol. The van der Waals surface area contributed by atoms with Crippen LogP contribution in [0.1, 0.15) is 30.7 Å². The fourth-order valence-electron chi connectivity index (χ4n) is 2.50. The van der Waals surface area contributed by atoms with Crippen molar-refractivity contribution < 1.29 is 8.42 Å². The van der Waals surface area contributed by atoms with Crippen LogP contribution in [0.4, 0.5) is 5.69 Å². The van der Waals surface area contributed by atoms with Crippen molar-refractivity contribution >= 4 is 26.9 Å². The van der Waals surface area contributed by atoms with Gasteiger partial charge in [0.1, 0.15) is 0 Å². The standard InChI is InChI=1S/C16H19NO2S2/c1-2-21(18,19)15-8-4-3-6-13(15)17-16(12-9-10-12)14-7-5-11-20-14/h3-8,11-12,16-17H,2,9-10H2,1H3. The molecule has 1 fully saturated rings. The number of nitrogens with one attached hydrogen (secondary N) is 1. The molecule has 1 aliphatic carbocycles. The number of thiophene rings is 1. The van der Waals surface area contributed by atoms with Crippen molar-refractivity contribution in [1.82, 2.24) is 0 Å². The molecule has 0 aliphatic heterocycles. The third-order valence-electron chi connectivity index (χ3n) is 3.86. The summed E-state index contributed by atoms with van der Waals surface area (Å²) in [5, 5.41) is 5.55. The van der Waals surface area contributed by atoms with Gasteiger partial charge < -0.3 is 5.32 Å². The van der Waals surface area contributed by atoms with Gasteiger partial charge in [0, 0.05) is 4.88 Å². The summed E-state index contributed by atoms with van der Waals surface area (Å²) < 4.78 is 24.5. The van der Waals surface area contributed by atoms with Crippen LogP contribution in [0.2, 0.25) is 0 Å². The fraction of sp³-hybridized carbons (Fsp3) is 0.375. The number of benzene rings is 1. The lowest BCUT2D eigenvalue weighted by Gasteiger charge is -2.20. The summed E-state index contributed by atoms with van der Waals surface area (Å²) in [6.07, 6.45) is 2.41. The Bertz CT molecular complexity index is 704. The third kappa shape index (κ3) is 3.14. The van der Waals surface area contributed by atoms with Crippen LogP contribution < -0.4 is 5.32 Å². The Kier molecular flexibility index (Phi) is 4.04. The molecule has 1 aromatic heterocycles. The normalized spacial score (nSPS) is 16.6. The van der Waals surface area contributed by atoms with Gasteiger partial charge in [0.05, 0.1) is 22.4 Å². The fourth-order valence-corrected chi connectivity index (χ4v) is 4.43. The van der Waals surface area contributed by atoms with Crippen molar-refractivity contribution in [3.05, 3.63) is 46.7 Å². The van der Waals surface area contributed by atoms with Gasteiger partial charge >= 0.3 is 0 Å². The number of rotatable bonds is 6. The van der Waals surface area contributed by atoms with Gasteiger partial charge in [-0.2, -0.15) is 0 Å². The maximum atomic E-state index is 12.2. The zero-order valence-electron chi connectivity index (χ0n) is 12.0. The molecule has 3 rings (SSSR count). The monoisotopic (exact) mass is 321 g/mol. The molecule has 3 nitrogen and oxygen atoms in total. The summed E-state index contributed by atoms with van der Waals surface area (Å²) in [7, 11) is -3.21. The van der Waals surface area contributed by atoms with Crippen LogP contribution in [-0.2, 0) is 9.84 Å². The zero-order chi connectivity index (χ0) is 14.9. The maximum absolute atomic E-state index is 12.2. The average molecular weight is 321 g/mol. The third-order valence-corrected chi connectivity index (χ3v) is 6.60. The van der Waals surface area contributed by atoms with Gasteiger partial charge in [0.25, 0.3) is 0 Å². The van der Waals surface area contributed by atoms with E-state index in [9.17, 15) is 8.42 Å². The molecule has 1 N–H and O–H groups in total. The highest BCUT2D eigenvalue weighted by atomic mass is 32.2. The van der Waals surface area contributed by atoms with Crippen LogP contribution in [0.25, 0.3) is 0 Å². The Morgan fingerprint density at radius 2 is 2.00 bits per heavy atom. The second kappa shape index (κ2) is 5.81. The van der Waals surface area contributed by atoms with Crippen LogP contribution >= 0.6 is 11.3 Å². The Hall–Kier alpha value is -1.33. The van der Waals surface area contributed by atoms with Gasteiger partial charge in [-0.3, -0.25) is 0 Å². The van der Waals surface area contributed by atoms with Crippen LogP contribution in [-0.4, -0.2) is 14.2 Å². The molecule has 112 valence electrons. The summed E-state index contributed by atoms with van der Waals surface area (Å²) in [5.74, 6) is 0.736. The second-order valence-corrected chi connectivity index (χ2v) is 8.60. The van der Waals surface area contributed by atoms with E-state index in [-0.39, 0.29) is 11.8 Å². The Balaban J connectivity index is 1.94. The summed E-state index contributed by atoms with van der Waals surface area (Å²) >= 11 is 1.73.